The van der Waals surface area contributed by atoms with Crippen LogP contribution in [-0.2, 0) is 0 Å². The molecule has 0 amide bonds. The van der Waals surface area contributed by atoms with Crippen molar-refractivity contribution < 1.29 is 4.42 Å². The van der Waals surface area contributed by atoms with Gasteiger partial charge in [-0.3, -0.25) is 0 Å². The van der Waals surface area contributed by atoms with Gasteiger partial charge < -0.3 is 15.1 Å². The zero-order chi connectivity index (χ0) is 9.80. The summed E-state index contributed by atoms with van der Waals surface area (Å²) in [6.45, 7) is 4.38. The lowest BCUT2D eigenvalue weighted by atomic mass is 10.1. The summed E-state index contributed by atoms with van der Waals surface area (Å²) < 4.78 is 5.35. The molecule has 14 heavy (non-hydrogen) atoms. The molecule has 0 aliphatic carbocycles. The third-order valence-corrected chi connectivity index (χ3v) is 2.75. The summed E-state index contributed by atoms with van der Waals surface area (Å²) in [6.07, 6.45) is 4.26. The quantitative estimate of drug-likeness (QED) is 0.768. The van der Waals surface area contributed by atoms with Crippen LogP contribution in [0.25, 0.3) is 0 Å². The maximum atomic E-state index is 5.35. The zero-order valence-electron chi connectivity index (χ0n) is 8.62. The maximum absolute atomic E-state index is 5.35. The van der Waals surface area contributed by atoms with Gasteiger partial charge >= 0.3 is 0 Å². The molecule has 0 bridgehead atoms. The number of furan rings is 1. The molecule has 3 heteroatoms. The summed E-state index contributed by atoms with van der Waals surface area (Å²) in [5.74, 6) is 1.02. The first-order chi connectivity index (χ1) is 6.86. The first-order valence-electron chi connectivity index (χ1n) is 5.36. The van der Waals surface area contributed by atoms with Gasteiger partial charge in [0.05, 0.1) is 12.3 Å². The predicted octanol–water partition coefficient (Wildman–Crippen LogP) is 1.68. The van der Waals surface area contributed by atoms with Crippen molar-refractivity contribution in [3.05, 3.63) is 24.2 Å². The molecule has 2 rings (SSSR count). The van der Waals surface area contributed by atoms with Crippen molar-refractivity contribution in [2.24, 2.45) is 0 Å². The van der Waals surface area contributed by atoms with Crippen LogP contribution in [0.4, 0.5) is 0 Å². The number of nitrogens with one attached hydrogen (secondary N) is 2. The Morgan fingerprint density at radius 2 is 2.57 bits per heavy atom. The van der Waals surface area contributed by atoms with Crippen molar-refractivity contribution in [1.29, 1.82) is 0 Å². The van der Waals surface area contributed by atoms with Crippen molar-refractivity contribution in [3.63, 3.8) is 0 Å². The molecular formula is C11H18N2O. The van der Waals surface area contributed by atoms with Crippen LogP contribution in [0.3, 0.4) is 0 Å². The lowest BCUT2D eigenvalue weighted by Gasteiger charge is -2.26. The molecule has 0 unspecified atom stereocenters. The van der Waals surface area contributed by atoms with E-state index in [1.807, 2.05) is 12.1 Å². The fourth-order valence-electron chi connectivity index (χ4n) is 1.97. The van der Waals surface area contributed by atoms with Gasteiger partial charge in [-0.05, 0) is 38.4 Å². The fourth-order valence-corrected chi connectivity index (χ4v) is 1.97. The van der Waals surface area contributed by atoms with Crippen LogP contribution in [-0.4, -0.2) is 19.1 Å². The molecule has 1 aromatic heterocycles. The third-order valence-electron chi connectivity index (χ3n) is 2.75. The van der Waals surface area contributed by atoms with Crippen LogP contribution >= 0.6 is 0 Å². The number of rotatable bonds is 3. The number of hydrogen-bond acceptors (Lipinski definition) is 3. The van der Waals surface area contributed by atoms with Gasteiger partial charge in [0.2, 0.25) is 0 Å². The van der Waals surface area contributed by atoms with E-state index < -0.39 is 0 Å². The average Bonchev–Trinajstić information content (AvgIpc) is 2.72. The van der Waals surface area contributed by atoms with Gasteiger partial charge in [-0.25, -0.2) is 0 Å². The van der Waals surface area contributed by atoms with E-state index in [1.54, 1.807) is 6.26 Å². The molecule has 1 aliphatic heterocycles. The van der Waals surface area contributed by atoms with E-state index in [0.29, 0.717) is 12.1 Å². The zero-order valence-corrected chi connectivity index (χ0v) is 8.62. The average molecular weight is 194 g/mol. The molecular weight excluding hydrogens is 176 g/mol. The molecule has 1 aliphatic rings. The topological polar surface area (TPSA) is 37.2 Å². The lowest BCUT2D eigenvalue weighted by Crippen LogP contribution is -2.43. The maximum Gasteiger partial charge on any atom is 0.120 e. The summed E-state index contributed by atoms with van der Waals surface area (Å²) >= 11 is 0. The summed E-state index contributed by atoms with van der Waals surface area (Å²) in [6, 6.07) is 4.86. The SMILES string of the molecule is C[C@H](N[C@@H]1CCCNC1)c1ccco1. The highest BCUT2D eigenvalue weighted by Gasteiger charge is 2.16. The number of piperidine rings is 1. The molecule has 3 nitrogen and oxygen atoms in total. The Balaban J connectivity index is 1.84. The lowest BCUT2D eigenvalue weighted by molar-refractivity contribution is 0.335. The van der Waals surface area contributed by atoms with Crippen LogP contribution in [0.15, 0.2) is 22.8 Å². The minimum Gasteiger partial charge on any atom is -0.468 e. The van der Waals surface area contributed by atoms with Gasteiger partial charge in [-0.2, -0.15) is 0 Å². The van der Waals surface area contributed by atoms with E-state index >= 15 is 0 Å². The minimum atomic E-state index is 0.315. The third kappa shape index (κ3) is 2.36. The Morgan fingerprint density at radius 1 is 1.64 bits per heavy atom. The summed E-state index contributed by atoms with van der Waals surface area (Å²) in [4.78, 5) is 0. The Labute approximate surface area is 84.9 Å². The summed E-state index contributed by atoms with van der Waals surface area (Å²) in [5.41, 5.74) is 0. The molecule has 78 valence electrons. The molecule has 0 aromatic carbocycles. The molecule has 2 N–H and O–H groups in total. The van der Waals surface area contributed by atoms with E-state index in [9.17, 15) is 0 Å². The normalized spacial score (nSPS) is 24.8. The highest BCUT2D eigenvalue weighted by atomic mass is 16.3. The Morgan fingerprint density at radius 3 is 3.21 bits per heavy atom. The first kappa shape index (κ1) is 9.74. The highest BCUT2D eigenvalue weighted by Crippen LogP contribution is 2.14. The van der Waals surface area contributed by atoms with E-state index in [0.717, 1.165) is 18.8 Å². The second-order valence-electron chi connectivity index (χ2n) is 3.95. The summed E-state index contributed by atoms with van der Waals surface area (Å²) in [7, 11) is 0. The van der Waals surface area contributed by atoms with Crippen LogP contribution in [0.2, 0.25) is 0 Å². The molecule has 1 fully saturated rings. The van der Waals surface area contributed by atoms with Crippen LogP contribution in [0, 0.1) is 0 Å². The first-order valence-corrected chi connectivity index (χ1v) is 5.36. The van der Waals surface area contributed by atoms with Crippen molar-refractivity contribution in [1.82, 2.24) is 10.6 Å². The van der Waals surface area contributed by atoms with E-state index in [-0.39, 0.29) is 0 Å². The van der Waals surface area contributed by atoms with Gasteiger partial charge in [0.1, 0.15) is 5.76 Å². The van der Waals surface area contributed by atoms with Gasteiger partial charge in [0.15, 0.2) is 0 Å². The highest BCUT2D eigenvalue weighted by molar-refractivity contribution is 5.03. The summed E-state index contributed by atoms with van der Waals surface area (Å²) in [5, 5.41) is 6.96. The predicted molar refractivity (Wildman–Crippen MR) is 56.2 cm³/mol. The molecule has 2 heterocycles. The molecule has 0 radical (unpaired) electrons. The fraction of sp³-hybridized carbons (Fsp3) is 0.636. The van der Waals surface area contributed by atoms with Gasteiger partial charge in [0.25, 0.3) is 0 Å². The van der Waals surface area contributed by atoms with Gasteiger partial charge in [-0.15, -0.1) is 0 Å². The number of hydrogen-bond donors (Lipinski definition) is 2. The van der Waals surface area contributed by atoms with Gasteiger partial charge in [0, 0.05) is 12.6 Å². The monoisotopic (exact) mass is 194 g/mol. The Hall–Kier alpha value is -0.800. The molecule has 1 aromatic rings. The van der Waals surface area contributed by atoms with E-state index in [1.165, 1.54) is 12.8 Å². The smallest absolute Gasteiger partial charge is 0.120 e. The van der Waals surface area contributed by atoms with E-state index in [2.05, 4.69) is 17.6 Å². The largest absolute Gasteiger partial charge is 0.468 e. The molecule has 0 spiro atoms. The van der Waals surface area contributed by atoms with E-state index in [4.69, 9.17) is 4.42 Å². The van der Waals surface area contributed by atoms with Crippen LogP contribution in [0.5, 0.6) is 0 Å². The molecule has 1 saturated heterocycles. The Bertz CT molecular complexity index is 252. The second-order valence-corrected chi connectivity index (χ2v) is 3.95. The molecule has 2 atom stereocenters. The van der Waals surface area contributed by atoms with Crippen LogP contribution < -0.4 is 10.6 Å². The standard InChI is InChI=1S/C11H18N2O/c1-9(11-5-3-7-14-11)13-10-4-2-6-12-8-10/h3,5,7,9-10,12-13H,2,4,6,8H2,1H3/t9-,10+/m0/s1. The molecule has 0 saturated carbocycles. The second kappa shape index (κ2) is 4.62. The Kier molecular flexibility index (Phi) is 3.22. The van der Waals surface area contributed by atoms with Crippen molar-refractivity contribution in [2.75, 3.05) is 13.1 Å². The van der Waals surface area contributed by atoms with Crippen molar-refractivity contribution >= 4 is 0 Å². The van der Waals surface area contributed by atoms with Crippen LogP contribution in [0.1, 0.15) is 31.6 Å². The minimum absolute atomic E-state index is 0.315. The van der Waals surface area contributed by atoms with Gasteiger partial charge in [-0.1, -0.05) is 0 Å². The van der Waals surface area contributed by atoms with Crippen molar-refractivity contribution in [2.45, 2.75) is 31.8 Å². The van der Waals surface area contributed by atoms with Crippen molar-refractivity contribution in [3.8, 4) is 0 Å².